The van der Waals surface area contributed by atoms with Gasteiger partial charge in [0, 0.05) is 19.2 Å². The Morgan fingerprint density at radius 2 is 1.96 bits per heavy atom. The molecular weight excluding hydrogens is 328 g/mol. The molecule has 0 aliphatic heterocycles. The highest BCUT2D eigenvalue weighted by Gasteiger charge is 2.05. The zero-order chi connectivity index (χ0) is 17.6. The van der Waals surface area contributed by atoms with E-state index >= 15 is 0 Å². The van der Waals surface area contributed by atoms with Crippen molar-refractivity contribution < 1.29 is 4.79 Å². The van der Waals surface area contributed by atoms with Gasteiger partial charge in [-0.3, -0.25) is 9.78 Å². The van der Waals surface area contributed by atoms with Crippen molar-refractivity contribution in [2.45, 2.75) is 33.2 Å². The molecule has 1 aromatic carbocycles. The van der Waals surface area contributed by atoms with E-state index < -0.39 is 0 Å². The van der Waals surface area contributed by atoms with Crippen molar-refractivity contribution in [2.75, 3.05) is 0 Å². The smallest absolute Gasteiger partial charge is 0.220 e. The third-order valence-electron chi connectivity index (χ3n) is 4.30. The Bertz CT molecular complexity index is 856. The summed E-state index contributed by atoms with van der Waals surface area (Å²) in [6, 6.07) is 14.4. The first-order valence-electron chi connectivity index (χ1n) is 8.43. The van der Waals surface area contributed by atoms with Crippen LogP contribution in [0.1, 0.15) is 28.7 Å². The van der Waals surface area contributed by atoms with Crippen LogP contribution in [-0.4, -0.2) is 10.9 Å². The molecule has 0 radical (unpaired) electrons. The Balaban J connectivity index is 1.52. The quantitative estimate of drug-likeness (QED) is 0.701. The summed E-state index contributed by atoms with van der Waals surface area (Å²) >= 11 is 1.67. The van der Waals surface area contributed by atoms with E-state index in [0.717, 1.165) is 22.6 Å². The molecule has 1 amide bonds. The molecule has 0 aliphatic carbocycles. The second-order valence-electron chi connectivity index (χ2n) is 6.22. The molecule has 0 unspecified atom stereocenters. The lowest BCUT2D eigenvalue weighted by Crippen LogP contribution is -2.23. The zero-order valence-electron chi connectivity index (χ0n) is 14.6. The van der Waals surface area contributed by atoms with E-state index in [1.165, 1.54) is 16.7 Å². The van der Waals surface area contributed by atoms with Crippen LogP contribution in [0, 0.1) is 13.8 Å². The Morgan fingerprint density at radius 1 is 1.08 bits per heavy atom. The second kappa shape index (κ2) is 8.08. The van der Waals surface area contributed by atoms with Crippen LogP contribution in [0.25, 0.3) is 10.6 Å². The summed E-state index contributed by atoms with van der Waals surface area (Å²) in [4.78, 5) is 17.7. The van der Waals surface area contributed by atoms with Gasteiger partial charge in [-0.1, -0.05) is 24.3 Å². The molecule has 1 N–H and O–H groups in total. The van der Waals surface area contributed by atoms with Crippen molar-refractivity contribution >= 4 is 17.2 Å². The highest BCUT2D eigenvalue weighted by atomic mass is 32.1. The zero-order valence-corrected chi connectivity index (χ0v) is 15.4. The number of thiophene rings is 1. The largest absolute Gasteiger partial charge is 0.352 e. The molecule has 2 aromatic heterocycles. The number of aryl methyl sites for hydroxylation is 3. The maximum absolute atomic E-state index is 12.1. The number of amides is 1. The summed E-state index contributed by atoms with van der Waals surface area (Å²) in [6.45, 7) is 4.74. The molecule has 0 atom stereocenters. The van der Waals surface area contributed by atoms with Gasteiger partial charge in [0.15, 0.2) is 0 Å². The molecule has 3 aromatic rings. The molecule has 0 bridgehead atoms. The third kappa shape index (κ3) is 4.77. The summed E-state index contributed by atoms with van der Waals surface area (Å²) < 4.78 is 0. The minimum absolute atomic E-state index is 0.0766. The van der Waals surface area contributed by atoms with Gasteiger partial charge in [-0.2, -0.15) is 0 Å². The number of nitrogens with zero attached hydrogens (tertiary/aromatic N) is 1. The number of aromatic nitrogens is 1. The van der Waals surface area contributed by atoms with Gasteiger partial charge in [0.25, 0.3) is 0 Å². The van der Waals surface area contributed by atoms with E-state index in [0.29, 0.717) is 13.0 Å². The van der Waals surface area contributed by atoms with Crippen LogP contribution in [0.4, 0.5) is 0 Å². The van der Waals surface area contributed by atoms with E-state index in [2.05, 4.69) is 48.4 Å². The molecule has 3 nitrogen and oxygen atoms in total. The number of carbonyl (C=O) groups is 1. The molecule has 0 aliphatic rings. The third-order valence-corrected chi connectivity index (χ3v) is 5.19. The van der Waals surface area contributed by atoms with Crippen LogP contribution in [0.15, 0.2) is 54.0 Å². The highest BCUT2D eigenvalue weighted by molar-refractivity contribution is 7.13. The predicted molar refractivity (Wildman–Crippen MR) is 104 cm³/mol. The molecule has 128 valence electrons. The SMILES string of the molecule is Cc1ccc(CCC(=O)NCc2ccnc(-c3cccs3)c2)cc1C. The van der Waals surface area contributed by atoms with Crippen LogP contribution in [0.5, 0.6) is 0 Å². The summed E-state index contributed by atoms with van der Waals surface area (Å²) in [5.41, 5.74) is 5.79. The number of hydrogen-bond donors (Lipinski definition) is 1. The maximum Gasteiger partial charge on any atom is 0.220 e. The molecule has 3 rings (SSSR count). The molecule has 4 heteroatoms. The lowest BCUT2D eigenvalue weighted by Gasteiger charge is -2.08. The van der Waals surface area contributed by atoms with E-state index in [1.807, 2.05) is 23.6 Å². The molecule has 0 saturated heterocycles. The number of carbonyl (C=O) groups excluding carboxylic acids is 1. The van der Waals surface area contributed by atoms with Crippen LogP contribution >= 0.6 is 11.3 Å². The average molecular weight is 350 g/mol. The van der Waals surface area contributed by atoms with Crippen molar-refractivity contribution in [3.63, 3.8) is 0 Å². The highest BCUT2D eigenvalue weighted by Crippen LogP contribution is 2.23. The standard InChI is InChI=1S/C21H22N2OS/c1-15-5-6-17(12-16(15)2)7-8-21(24)23-14-18-9-10-22-19(13-18)20-4-3-11-25-20/h3-6,9-13H,7-8,14H2,1-2H3,(H,23,24). The first-order chi connectivity index (χ1) is 12.1. The van der Waals surface area contributed by atoms with Gasteiger partial charge < -0.3 is 5.32 Å². The van der Waals surface area contributed by atoms with Gasteiger partial charge in [0.2, 0.25) is 5.91 Å². The minimum atomic E-state index is 0.0766. The van der Waals surface area contributed by atoms with E-state index in [9.17, 15) is 4.79 Å². The molecular formula is C21H22N2OS. The normalized spacial score (nSPS) is 10.6. The van der Waals surface area contributed by atoms with Crippen molar-refractivity contribution in [1.29, 1.82) is 0 Å². The average Bonchev–Trinajstić information content (AvgIpc) is 3.16. The van der Waals surface area contributed by atoms with Crippen LogP contribution in [-0.2, 0) is 17.8 Å². The van der Waals surface area contributed by atoms with Gasteiger partial charge in [0.1, 0.15) is 0 Å². The molecule has 25 heavy (non-hydrogen) atoms. The van der Waals surface area contributed by atoms with Crippen LogP contribution in [0.3, 0.4) is 0 Å². The Kier molecular flexibility index (Phi) is 5.61. The van der Waals surface area contributed by atoms with Gasteiger partial charge in [-0.15, -0.1) is 11.3 Å². The molecule has 0 saturated carbocycles. The first-order valence-corrected chi connectivity index (χ1v) is 9.31. The molecule has 2 heterocycles. The maximum atomic E-state index is 12.1. The Labute approximate surface area is 152 Å². The van der Waals surface area contributed by atoms with Crippen molar-refractivity contribution in [2.24, 2.45) is 0 Å². The van der Waals surface area contributed by atoms with Gasteiger partial charge in [-0.05, 0) is 66.1 Å². The fraction of sp³-hybridized carbons (Fsp3) is 0.238. The lowest BCUT2D eigenvalue weighted by molar-refractivity contribution is -0.121. The Morgan fingerprint density at radius 3 is 2.72 bits per heavy atom. The van der Waals surface area contributed by atoms with Crippen molar-refractivity contribution in [3.8, 4) is 10.6 Å². The van der Waals surface area contributed by atoms with Gasteiger partial charge >= 0.3 is 0 Å². The predicted octanol–water partition coefficient (Wildman–Crippen LogP) is 4.68. The summed E-state index contributed by atoms with van der Waals surface area (Å²) in [7, 11) is 0. The number of rotatable bonds is 6. The topological polar surface area (TPSA) is 42.0 Å². The Hall–Kier alpha value is -2.46. The monoisotopic (exact) mass is 350 g/mol. The fourth-order valence-corrected chi connectivity index (χ4v) is 3.34. The van der Waals surface area contributed by atoms with Gasteiger partial charge in [0.05, 0.1) is 10.6 Å². The lowest BCUT2D eigenvalue weighted by atomic mass is 10.0. The van der Waals surface area contributed by atoms with E-state index in [1.54, 1.807) is 17.5 Å². The van der Waals surface area contributed by atoms with Crippen LogP contribution < -0.4 is 5.32 Å². The van der Waals surface area contributed by atoms with E-state index in [4.69, 9.17) is 0 Å². The minimum Gasteiger partial charge on any atom is -0.352 e. The van der Waals surface area contributed by atoms with Gasteiger partial charge in [-0.25, -0.2) is 0 Å². The molecule has 0 fully saturated rings. The number of benzene rings is 1. The molecule has 0 spiro atoms. The summed E-state index contributed by atoms with van der Waals surface area (Å²) in [5.74, 6) is 0.0766. The number of nitrogens with one attached hydrogen (secondary N) is 1. The number of pyridine rings is 1. The van der Waals surface area contributed by atoms with E-state index in [-0.39, 0.29) is 5.91 Å². The van der Waals surface area contributed by atoms with Crippen molar-refractivity contribution in [1.82, 2.24) is 10.3 Å². The second-order valence-corrected chi connectivity index (χ2v) is 7.17. The van der Waals surface area contributed by atoms with Crippen molar-refractivity contribution in [3.05, 3.63) is 76.3 Å². The first kappa shape index (κ1) is 17.4. The number of hydrogen-bond acceptors (Lipinski definition) is 3. The fourth-order valence-electron chi connectivity index (χ4n) is 2.65. The summed E-state index contributed by atoms with van der Waals surface area (Å²) in [5, 5.41) is 5.04. The summed E-state index contributed by atoms with van der Waals surface area (Å²) in [6.07, 6.45) is 3.07. The van der Waals surface area contributed by atoms with Crippen LogP contribution in [0.2, 0.25) is 0 Å².